The first-order valence-corrected chi connectivity index (χ1v) is 14.2. The SMILES string of the molecule is CCOC(=O)/C([I+]c1ccccc1)=C(/C)NCc1ccccc1.Cc1ccc(S(=O)(=O)[O-])cc1. The molecule has 3 aromatic rings. The van der Waals surface area contributed by atoms with Crippen LogP contribution in [0.5, 0.6) is 0 Å². The molecule has 0 amide bonds. The molecule has 0 radical (unpaired) electrons. The molecular formula is C26H28INO5S. The zero-order valence-corrected chi connectivity index (χ0v) is 22.3. The van der Waals surface area contributed by atoms with E-state index in [9.17, 15) is 17.8 Å². The molecule has 34 heavy (non-hydrogen) atoms. The number of benzene rings is 3. The van der Waals surface area contributed by atoms with Crippen LogP contribution in [0.2, 0.25) is 0 Å². The van der Waals surface area contributed by atoms with E-state index in [1.807, 2.05) is 57.2 Å². The number of aryl methyl sites for hydroxylation is 1. The van der Waals surface area contributed by atoms with Crippen molar-refractivity contribution >= 4 is 16.1 Å². The van der Waals surface area contributed by atoms with Gasteiger partial charge < -0.3 is 14.6 Å². The van der Waals surface area contributed by atoms with Crippen molar-refractivity contribution in [3.63, 3.8) is 0 Å². The van der Waals surface area contributed by atoms with Crippen LogP contribution in [-0.2, 0) is 26.2 Å². The van der Waals surface area contributed by atoms with Gasteiger partial charge in [0, 0.05) is 6.54 Å². The molecule has 8 heteroatoms. The molecule has 0 aliphatic rings. The number of hydrogen-bond donors (Lipinski definition) is 1. The fourth-order valence-electron chi connectivity index (χ4n) is 2.66. The third-order valence-electron chi connectivity index (χ3n) is 4.43. The molecule has 0 saturated heterocycles. The summed E-state index contributed by atoms with van der Waals surface area (Å²) in [6.07, 6.45) is 0. The summed E-state index contributed by atoms with van der Waals surface area (Å²) < 4.78 is 38.4. The Balaban J connectivity index is 0.000000310. The minimum atomic E-state index is -4.27. The molecule has 3 aromatic carbocycles. The largest absolute Gasteiger partial charge is 0.744 e. The van der Waals surface area contributed by atoms with Crippen molar-refractivity contribution in [1.29, 1.82) is 0 Å². The standard InChI is InChI=1S/C19H20INO2.C7H8O3S/c1-3-23-19(22)18(20-17-12-8-5-9-13-17)15(2)21-14-16-10-6-4-7-11-16;1-6-2-4-7(5-3-6)11(8,9)10/h4-13H,3,14H2,1-2H3;2-5H,1H3,(H,8,9,10). The summed E-state index contributed by atoms with van der Waals surface area (Å²) in [4.78, 5) is 12.1. The van der Waals surface area contributed by atoms with Gasteiger partial charge >= 0.3 is 27.2 Å². The lowest BCUT2D eigenvalue weighted by Crippen LogP contribution is -3.61. The van der Waals surface area contributed by atoms with Crippen molar-refractivity contribution in [2.45, 2.75) is 32.2 Å². The van der Waals surface area contributed by atoms with Crippen LogP contribution < -0.4 is 26.5 Å². The molecular weight excluding hydrogens is 565 g/mol. The predicted molar refractivity (Wildman–Crippen MR) is 127 cm³/mol. The Morgan fingerprint density at radius 1 is 0.941 bits per heavy atom. The average molecular weight is 593 g/mol. The maximum atomic E-state index is 12.3. The van der Waals surface area contributed by atoms with E-state index >= 15 is 0 Å². The zero-order chi connectivity index (χ0) is 25.0. The Kier molecular flexibility index (Phi) is 11.2. The van der Waals surface area contributed by atoms with Gasteiger partial charge in [-0.05, 0) is 50.6 Å². The van der Waals surface area contributed by atoms with E-state index in [0.29, 0.717) is 13.2 Å². The van der Waals surface area contributed by atoms with Gasteiger partial charge in [0.2, 0.25) is 0 Å². The molecule has 0 heterocycles. The minimum absolute atomic E-state index is 0.178. The lowest BCUT2D eigenvalue weighted by Gasteiger charge is -2.07. The highest BCUT2D eigenvalue weighted by Crippen LogP contribution is 2.08. The van der Waals surface area contributed by atoms with Crippen molar-refractivity contribution in [2.75, 3.05) is 6.61 Å². The average Bonchev–Trinajstić information content (AvgIpc) is 2.82. The van der Waals surface area contributed by atoms with Crippen molar-refractivity contribution in [3.05, 3.63) is 109 Å². The molecule has 1 N–H and O–H groups in total. The summed E-state index contributed by atoms with van der Waals surface area (Å²) in [6, 6.07) is 26.1. The van der Waals surface area contributed by atoms with Gasteiger partial charge in [0.1, 0.15) is 10.1 Å². The molecule has 0 unspecified atom stereocenters. The lowest BCUT2D eigenvalue weighted by molar-refractivity contribution is -0.572. The third kappa shape index (κ3) is 9.66. The van der Waals surface area contributed by atoms with E-state index in [-0.39, 0.29) is 10.9 Å². The van der Waals surface area contributed by atoms with Crippen molar-refractivity contribution in [1.82, 2.24) is 5.32 Å². The molecule has 180 valence electrons. The van der Waals surface area contributed by atoms with Gasteiger partial charge in [-0.2, -0.15) is 0 Å². The summed E-state index contributed by atoms with van der Waals surface area (Å²) in [6.45, 7) is 6.71. The van der Waals surface area contributed by atoms with E-state index in [1.165, 1.54) is 21.3 Å². The van der Waals surface area contributed by atoms with E-state index in [0.717, 1.165) is 14.8 Å². The number of esters is 1. The topological polar surface area (TPSA) is 95.5 Å². The molecule has 0 atom stereocenters. The third-order valence-corrected chi connectivity index (χ3v) is 8.41. The van der Waals surface area contributed by atoms with Crippen LogP contribution in [0.4, 0.5) is 0 Å². The summed E-state index contributed by atoms with van der Waals surface area (Å²) in [5, 5.41) is 3.36. The summed E-state index contributed by atoms with van der Waals surface area (Å²) in [5.41, 5.74) is 3.02. The Morgan fingerprint density at radius 3 is 2.03 bits per heavy atom. The Morgan fingerprint density at radius 2 is 1.50 bits per heavy atom. The quantitative estimate of drug-likeness (QED) is 0.184. The van der Waals surface area contributed by atoms with Crippen molar-refractivity contribution < 1.29 is 43.7 Å². The number of carbonyl (C=O) groups excluding carboxylic acids is 1. The first-order chi connectivity index (χ1) is 16.2. The highest BCUT2D eigenvalue weighted by molar-refractivity contribution is 7.85. The van der Waals surface area contributed by atoms with Gasteiger partial charge in [-0.25, -0.2) is 13.2 Å². The lowest BCUT2D eigenvalue weighted by atomic mass is 10.2. The zero-order valence-electron chi connectivity index (χ0n) is 19.3. The fraction of sp³-hybridized carbons (Fsp3) is 0.192. The predicted octanol–water partition coefficient (Wildman–Crippen LogP) is 1.43. The normalized spacial score (nSPS) is 11.5. The number of ether oxygens (including phenoxy) is 1. The van der Waals surface area contributed by atoms with Gasteiger partial charge in [0.25, 0.3) is 3.58 Å². The maximum absolute atomic E-state index is 12.3. The second-order valence-electron chi connectivity index (χ2n) is 7.16. The summed E-state index contributed by atoms with van der Waals surface area (Å²) in [7, 11) is -4.27. The van der Waals surface area contributed by atoms with Gasteiger partial charge in [0.05, 0.1) is 17.2 Å². The number of hydrogen-bond acceptors (Lipinski definition) is 6. The van der Waals surface area contributed by atoms with Gasteiger partial charge in [0.15, 0.2) is 3.57 Å². The van der Waals surface area contributed by atoms with Crippen LogP contribution in [0, 0.1) is 10.5 Å². The van der Waals surface area contributed by atoms with E-state index in [2.05, 4.69) is 29.6 Å². The van der Waals surface area contributed by atoms with Crippen LogP contribution >= 0.6 is 0 Å². The molecule has 6 nitrogen and oxygen atoms in total. The molecule has 0 bridgehead atoms. The van der Waals surface area contributed by atoms with Crippen LogP contribution in [0.1, 0.15) is 25.0 Å². The van der Waals surface area contributed by atoms with Gasteiger partial charge in [-0.3, -0.25) is 0 Å². The Hall–Kier alpha value is -2.69. The first-order valence-electron chi connectivity index (χ1n) is 10.6. The van der Waals surface area contributed by atoms with Gasteiger partial charge in [-0.15, -0.1) is 0 Å². The smallest absolute Gasteiger partial charge is 0.387 e. The van der Waals surface area contributed by atoms with E-state index in [4.69, 9.17) is 4.74 Å². The molecule has 0 fully saturated rings. The maximum Gasteiger partial charge on any atom is 0.387 e. The van der Waals surface area contributed by atoms with Crippen LogP contribution in [-0.4, -0.2) is 25.5 Å². The Labute approximate surface area is 212 Å². The van der Waals surface area contributed by atoms with Crippen LogP contribution in [0.15, 0.2) is 99.1 Å². The minimum Gasteiger partial charge on any atom is -0.744 e. The number of nitrogens with one attached hydrogen (secondary N) is 1. The second kappa shape index (κ2) is 13.9. The van der Waals surface area contributed by atoms with Gasteiger partial charge in [-0.1, -0.05) is 66.2 Å². The second-order valence-corrected chi connectivity index (χ2v) is 11.4. The van der Waals surface area contributed by atoms with Crippen LogP contribution in [0.25, 0.3) is 0 Å². The highest BCUT2D eigenvalue weighted by atomic mass is 127. The molecule has 0 aliphatic heterocycles. The summed E-state index contributed by atoms with van der Waals surface area (Å²) in [5.74, 6) is -0.206. The van der Waals surface area contributed by atoms with Crippen molar-refractivity contribution in [2.24, 2.45) is 0 Å². The number of rotatable bonds is 8. The molecule has 0 aliphatic carbocycles. The number of carbonyl (C=O) groups is 1. The first kappa shape index (κ1) is 27.6. The van der Waals surface area contributed by atoms with E-state index < -0.39 is 31.3 Å². The molecule has 3 rings (SSSR count). The van der Waals surface area contributed by atoms with E-state index in [1.54, 1.807) is 12.1 Å². The van der Waals surface area contributed by atoms with Crippen molar-refractivity contribution in [3.8, 4) is 0 Å². The fourth-order valence-corrected chi connectivity index (χ4v) is 5.49. The Bertz CT molecular complexity index is 1180. The van der Waals surface area contributed by atoms with Crippen LogP contribution in [0.3, 0.4) is 0 Å². The monoisotopic (exact) mass is 593 g/mol. The molecule has 0 aromatic heterocycles. The highest BCUT2D eigenvalue weighted by Gasteiger charge is 2.30. The number of halogens is 1. The summed E-state index contributed by atoms with van der Waals surface area (Å²) >= 11 is -0.572. The molecule has 0 spiro atoms. The molecule has 0 saturated carbocycles. The number of allylic oxidation sites excluding steroid dienone is 1.